The number of carbonyl (C=O) groups is 1. The first-order valence-electron chi connectivity index (χ1n) is 7.78. The van der Waals surface area contributed by atoms with Crippen LogP contribution in [0, 0.1) is 0 Å². The Labute approximate surface area is 143 Å². The number of nitrogens with two attached hydrogens (primary N) is 1. The summed E-state index contributed by atoms with van der Waals surface area (Å²) in [5.74, 6) is -0.489. The van der Waals surface area contributed by atoms with Crippen molar-refractivity contribution in [2.24, 2.45) is 5.73 Å². The van der Waals surface area contributed by atoms with Crippen molar-refractivity contribution in [2.45, 2.75) is 5.41 Å². The van der Waals surface area contributed by atoms with Crippen molar-refractivity contribution < 1.29 is 4.79 Å². The fraction of sp³-hybridized carbons (Fsp3) is 0.0526. The molecule has 6 heteroatoms. The highest BCUT2D eigenvalue weighted by atomic mass is 16.1. The molecule has 1 atom stereocenters. The molecule has 3 heterocycles. The average molecular weight is 329 g/mol. The molecule has 4 aromatic rings. The quantitative estimate of drug-likeness (QED) is 0.599. The number of amides is 1. The number of aromatic amines is 1. The molecule has 122 valence electrons. The number of benzene rings is 1. The molecule has 0 spiro atoms. The molecule has 0 saturated heterocycles. The summed E-state index contributed by atoms with van der Waals surface area (Å²) >= 11 is 0. The Morgan fingerprint density at radius 3 is 2.48 bits per heavy atom. The van der Waals surface area contributed by atoms with Crippen LogP contribution in [0.4, 0.5) is 0 Å². The van der Waals surface area contributed by atoms with Gasteiger partial charge in [0.15, 0.2) is 5.65 Å². The Bertz CT molecular complexity index is 988. The van der Waals surface area contributed by atoms with E-state index in [1.165, 1.54) is 0 Å². The summed E-state index contributed by atoms with van der Waals surface area (Å²) < 4.78 is 0. The second kappa shape index (κ2) is 5.83. The van der Waals surface area contributed by atoms with Crippen molar-refractivity contribution in [3.8, 4) is 0 Å². The molecule has 0 aliphatic heterocycles. The van der Waals surface area contributed by atoms with E-state index in [-0.39, 0.29) is 0 Å². The van der Waals surface area contributed by atoms with Crippen LogP contribution in [0.25, 0.3) is 11.0 Å². The van der Waals surface area contributed by atoms with Crippen LogP contribution in [-0.4, -0.2) is 26.1 Å². The number of nitrogens with zero attached hydrogens (tertiary/aromatic N) is 3. The first kappa shape index (κ1) is 15.0. The van der Waals surface area contributed by atoms with E-state index in [1.807, 2.05) is 42.5 Å². The number of pyridine rings is 2. The van der Waals surface area contributed by atoms with Crippen molar-refractivity contribution in [3.63, 3.8) is 0 Å². The lowest BCUT2D eigenvalue weighted by Gasteiger charge is -2.31. The van der Waals surface area contributed by atoms with Gasteiger partial charge in [0.25, 0.3) is 0 Å². The monoisotopic (exact) mass is 329 g/mol. The van der Waals surface area contributed by atoms with Crippen LogP contribution in [-0.2, 0) is 10.2 Å². The Morgan fingerprint density at radius 1 is 0.960 bits per heavy atom. The van der Waals surface area contributed by atoms with Crippen LogP contribution < -0.4 is 5.73 Å². The van der Waals surface area contributed by atoms with Crippen LogP contribution in [0.5, 0.6) is 0 Å². The van der Waals surface area contributed by atoms with Crippen LogP contribution in [0.15, 0.2) is 73.3 Å². The molecule has 1 aromatic carbocycles. The number of aromatic nitrogens is 4. The van der Waals surface area contributed by atoms with Crippen LogP contribution in [0.2, 0.25) is 0 Å². The first-order chi connectivity index (χ1) is 12.2. The van der Waals surface area contributed by atoms with Gasteiger partial charge in [-0.3, -0.25) is 14.9 Å². The highest BCUT2D eigenvalue weighted by Crippen LogP contribution is 2.39. The molecule has 0 bridgehead atoms. The largest absolute Gasteiger partial charge is 0.368 e. The topological polar surface area (TPSA) is 97.5 Å². The highest BCUT2D eigenvalue weighted by Gasteiger charge is 2.43. The minimum Gasteiger partial charge on any atom is -0.368 e. The zero-order valence-electron chi connectivity index (χ0n) is 13.3. The molecule has 0 saturated carbocycles. The number of nitrogens with one attached hydrogen (secondary N) is 1. The van der Waals surface area contributed by atoms with Gasteiger partial charge in [-0.05, 0) is 28.8 Å². The van der Waals surface area contributed by atoms with Crippen molar-refractivity contribution in [1.29, 1.82) is 0 Å². The van der Waals surface area contributed by atoms with E-state index in [1.54, 1.807) is 30.9 Å². The van der Waals surface area contributed by atoms with Gasteiger partial charge in [-0.2, -0.15) is 5.10 Å². The molecule has 6 nitrogen and oxygen atoms in total. The molecular weight excluding hydrogens is 314 g/mol. The summed E-state index contributed by atoms with van der Waals surface area (Å²) in [6.45, 7) is 0. The van der Waals surface area contributed by atoms with Gasteiger partial charge in [-0.15, -0.1) is 0 Å². The van der Waals surface area contributed by atoms with Crippen molar-refractivity contribution in [2.75, 3.05) is 0 Å². The maximum absolute atomic E-state index is 12.8. The summed E-state index contributed by atoms with van der Waals surface area (Å²) in [6.07, 6.45) is 6.66. The lowest BCUT2D eigenvalue weighted by molar-refractivity contribution is -0.120. The summed E-state index contributed by atoms with van der Waals surface area (Å²) in [4.78, 5) is 21.4. The molecule has 1 unspecified atom stereocenters. The van der Waals surface area contributed by atoms with Gasteiger partial charge in [0.1, 0.15) is 5.41 Å². The lowest BCUT2D eigenvalue weighted by Crippen LogP contribution is -2.43. The molecule has 0 aliphatic carbocycles. The van der Waals surface area contributed by atoms with Gasteiger partial charge in [0.2, 0.25) is 5.91 Å². The molecule has 25 heavy (non-hydrogen) atoms. The van der Waals surface area contributed by atoms with E-state index in [4.69, 9.17) is 5.73 Å². The Morgan fingerprint density at radius 2 is 1.76 bits per heavy atom. The molecule has 3 aromatic heterocycles. The number of hydrogen-bond acceptors (Lipinski definition) is 4. The molecule has 0 radical (unpaired) electrons. The maximum Gasteiger partial charge on any atom is 0.237 e. The molecule has 3 N–H and O–H groups in total. The fourth-order valence-electron chi connectivity index (χ4n) is 3.24. The molecule has 4 rings (SSSR count). The Kier molecular flexibility index (Phi) is 3.50. The van der Waals surface area contributed by atoms with Crippen LogP contribution >= 0.6 is 0 Å². The van der Waals surface area contributed by atoms with Gasteiger partial charge in [0, 0.05) is 24.0 Å². The third-order valence-electron chi connectivity index (χ3n) is 4.40. The van der Waals surface area contributed by atoms with E-state index in [2.05, 4.69) is 20.2 Å². The molecule has 0 aliphatic rings. The first-order valence-corrected chi connectivity index (χ1v) is 7.78. The van der Waals surface area contributed by atoms with E-state index < -0.39 is 11.3 Å². The van der Waals surface area contributed by atoms with Gasteiger partial charge in [0.05, 0.1) is 6.20 Å². The summed E-state index contributed by atoms with van der Waals surface area (Å²) in [7, 11) is 0. The Balaban J connectivity index is 2.08. The van der Waals surface area contributed by atoms with Gasteiger partial charge in [-0.1, -0.05) is 36.4 Å². The number of hydrogen-bond donors (Lipinski definition) is 2. The molecule has 1 amide bonds. The second-order valence-corrected chi connectivity index (χ2v) is 5.75. The average Bonchev–Trinajstić information content (AvgIpc) is 3.12. The number of carbonyl (C=O) groups excluding carboxylic acids is 1. The zero-order chi connectivity index (χ0) is 17.3. The van der Waals surface area contributed by atoms with Gasteiger partial charge in [-0.25, -0.2) is 4.98 Å². The normalized spacial score (nSPS) is 13.4. The van der Waals surface area contributed by atoms with E-state index in [0.717, 1.165) is 10.9 Å². The molecule has 0 fully saturated rings. The number of primary amides is 1. The minimum absolute atomic E-state index is 0.489. The van der Waals surface area contributed by atoms with Gasteiger partial charge < -0.3 is 5.73 Å². The van der Waals surface area contributed by atoms with E-state index in [9.17, 15) is 4.79 Å². The third-order valence-corrected chi connectivity index (χ3v) is 4.40. The van der Waals surface area contributed by atoms with Crippen LogP contribution in [0.3, 0.4) is 0 Å². The predicted octanol–water partition coefficient (Wildman–Crippen LogP) is 2.17. The number of rotatable bonds is 4. The van der Waals surface area contributed by atoms with E-state index >= 15 is 0 Å². The summed E-state index contributed by atoms with van der Waals surface area (Å²) in [6, 6.07) is 15.0. The zero-order valence-corrected chi connectivity index (χ0v) is 13.3. The van der Waals surface area contributed by atoms with Gasteiger partial charge >= 0.3 is 0 Å². The smallest absolute Gasteiger partial charge is 0.237 e. The number of fused-ring (bicyclic) bond motifs is 1. The lowest BCUT2D eigenvalue weighted by atomic mass is 9.69. The predicted molar refractivity (Wildman–Crippen MR) is 93.6 cm³/mol. The number of H-pyrrole nitrogens is 1. The minimum atomic E-state index is -1.19. The summed E-state index contributed by atoms with van der Waals surface area (Å²) in [5.41, 5.74) is 7.57. The maximum atomic E-state index is 12.8. The van der Waals surface area contributed by atoms with Crippen molar-refractivity contribution in [3.05, 3.63) is 90.0 Å². The SMILES string of the molecule is NC(=O)C(c1ccccc1)(c1cccnc1)c1cnc2[nH]ncc2c1. The second-order valence-electron chi connectivity index (χ2n) is 5.75. The highest BCUT2D eigenvalue weighted by molar-refractivity contribution is 5.95. The Hall–Kier alpha value is -3.54. The van der Waals surface area contributed by atoms with Crippen LogP contribution in [0.1, 0.15) is 16.7 Å². The third kappa shape index (κ3) is 2.27. The molecular formula is C19H15N5O. The summed E-state index contributed by atoms with van der Waals surface area (Å²) in [5, 5.41) is 7.62. The standard InChI is InChI=1S/C19H15N5O/c20-18(25)19(14-5-2-1-3-6-14,15-7-4-8-21-11-15)16-9-13-10-23-24-17(13)22-12-16/h1-12H,(H2,20,25)(H,22,23,24). The fourth-order valence-corrected chi connectivity index (χ4v) is 3.24. The van der Waals surface area contributed by atoms with Crippen molar-refractivity contribution in [1.82, 2.24) is 20.2 Å². The van der Waals surface area contributed by atoms with Crippen molar-refractivity contribution >= 4 is 16.9 Å². The van der Waals surface area contributed by atoms with E-state index in [0.29, 0.717) is 16.8 Å².